The van der Waals surface area contributed by atoms with Crippen molar-refractivity contribution in [2.45, 2.75) is 26.3 Å². The van der Waals surface area contributed by atoms with Crippen LogP contribution in [0.25, 0.3) is 11.4 Å². The molecular formula is C20H18FN3O. The molecule has 25 heavy (non-hydrogen) atoms. The van der Waals surface area contributed by atoms with E-state index in [0.717, 1.165) is 0 Å². The van der Waals surface area contributed by atoms with Crippen LogP contribution in [0.2, 0.25) is 0 Å². The summed E-state index contributed by atoms with van der Waals surface area (Å²) in [5.74, 6) is -0.457. The molecule has 2 aromatic rings. The molecule has 2 N–H and O–H groups in total. The van der Waals surface area contributed by atoms with Gasteiger partial charge in [0.25, 0.3) is 0 Å². The summed E-state index contributed by atoms with van der Waals surface area (Å²) >= 11 is 0. The number of carbonyl (C=O) groups excluding carboxylic acids is 1. The molecule has 3 rings (SSSR count). The molecule has 0 aliphatic carbocycles. The van der Waals surface area contributed by atoms with Gasteiger partial charge in [0, 0.05) is 18.0 Å². The smallest absolute Gasteiger partial charge is 0.226 e. The molecule has 0 saturated carbocycles. The fraction of sp³-hybridized carbons (Fsp3) is 0.200. The van der Waals surface area contributed by atoms with Crippen molar-refractivity contribution in [3.05, 3.63) is 59.2 Å². The fourth-order valence-electron chi connectivity index (χ4n) is 2.90. The first-order valence-electron chi connectivity index (χ1n) is 8.06. The zero-order valence-electron chi connectivity index (χ0n) is 14.1. The predicted molar refractivity (Wildman–Crippen MR) is 97.5 cm³/mol. The van der Waals surface area contributed by atoms with Crippen molar-refractivity contribution in [2.24, 2.45) is 0 Å². The molecule has 0 radical (unpaired) electrons. The van der Waals surface area contributed by atoms with Gasteiger partial charge in [0.05, 0.1) is 23.0 Å². The molecule has 5 heteroatoms. The van der Waals surface area contributed by atoms with Crippen LogP contribution in [0.1, 0.15) is 37.0 Å². The Hall–Kier alpha value is -3.13. The summed E-state index contributed by atoms with van der Waals surface area (Å²) in [4.78, 5) is 11.9. The van der Waals surface area contributed by atoms with Gasteiger partial charge in [-0.3, -0.25) is 4.79 Å². The van der Waals surface area contributed by atoms with Crippen LogP contribution < -0.4 is 10.6 Å². The van der Waals surface area contributed by atoms with Gasteiger partial charge in [0.15, 0.2) is 0 Å². The minimum absolute atomic E-state index is 0.0922. The molecule has 0 aromatic heterocycles. The van der Waals surface area contributed by atoms with E-state index in [-0.39, 0.29) is 17.8 Å². The number of fused-ring (bicyclic) bond motifs is 1. The largest absolute Gasteiger partial charge is 0.380 e. The highest BCUT2D eigenvalue weighted by Gasteiger charge is 2.22. The molecule has 1 aliphatic rings. The van der Waals surface area contributed by atoms with E-state index in [1.54, 1.807) is 49.4 Å². The van der Waals surface area contributed by atoms with Crippen molar-refractivity contribution < 1.29 is 9.18 Å². The Morgan fingerprint density at radius 3 is 2.64 bits per heavy atom. The van der Waals surface area contributed by atoms with E-state index in [9.17, 15) is 4.79 Å². The number of amides is 1. The minimum Gasteiger partial charge on any atom is -0.380 e. The summed E-state index contributed by atoms with van der Waals surface area (Å²) in [6, 6.07) is 13.9. The first kappa shape index (κ1) is 16.7. The number of anilines is 2. The van der Waals surface area contributed by atoms with Gasteiger partial charge in [-0.1, -0.05) is 18.2 Å². The third kappa shape index (κ3) is 3.38. The van der Waals surface area contributed by atoms with Crippen molar-refractivity contribution in [1.82, 2.24) is 0 Å². The Kier molecular flexibility index (Phi) is 4.53. The van der Waals surface area contributed by atoms with Gasteiger partial charge in [-0.05, 0) is 49.2 Å². The molecule has 1 heterocycles. The first-order chi connectivity index (χ1) is 12.0. The summed E-state index contributed by atoms with van der Waals surface area (Å²) in [6.07, 6.45) is 0.327. The Labute approximate surface area is 146 Å². The van der Waals surface area contributed by atoms with Crippen LogP contribution in [0.3, 0.4) is 0 Å². The number of rotatable bonds is 2. The van der Waals surface area contributed by atoms with E-state index in [4.69, 9.17) is 5.26 Å². The van der Waals surface area contributed by atoms with Gasteiger partial charge in [0.2, 0.25) is 5.91 Å². The molecule has 2 aromatic carbocycles. The van der Waals surface area contributed by atoms with E-state index in [1.807, 2.05) is 6.92 Å². The monoisotopic (exact) mass is 335 g/mol. The third-order valence-corrected chi connectivity index (χ3v) is 4.23. The lowest BCUT2D eigenvalue weighted by Crippen LogP contribution is -2.19. The highest BCUT2D eigenvalue weighted by atomic mass is 19.1. The number of halogens is 1. The fourth-order valence-corrected chi connectivity index (χ4v) is 2.90. The molecule has 0 spiro atoms. The second kappa shape index (κ2) is 6.78. The zero-order valence-corrected chi connectivity index (χ0v) is 14.1. The summed E-state index contributed by atoms with van der Waals surface area (Å²) in [5, 5.41) is 14.9. The van der Waals surface area contributed by atoms with E-state index < -0.39 is 0 Å². The van der Waals surface area contributed by atoms with Crippen LogP contribution in [0.4, 0.5) is 15.8 Å². The van der Waals surface area contributed by atoms with Gasteiger partial charge in [0.1, 0.15) is 5.83 Å². The Morgan fingerprint density at radius 2 is 1.96 bits per heavy atom. The lowest BCUT2D eigenvalue weighted by molar-refractivity contribution is -0.116. The standard InChI is InChI=1S/C20H18FN3O/c1-12-10-18(25)24-17-5-3-4-16(20(17)23-12)19(21)13(2)15-8-6-14(11-22)7-9-15/h3-9,12,23H,10H2,1-2H3,(H,24,25)/b19-13+/t12-/m1/s1. The average molecular weight is 335 g/mol. The second-order valence-electron chi connectivity index (χ2n) is 6.15. The summed E-state index contributed by atoms with van der Waals surface area (Å²) in [5.41, 5.74) is 3.29. The Bertz CT molecular complexity index is 894. The molecule has 0 fully saturated rings. The molecule has 0 saturated heterocycles. The number of hydrogen-bond acceptors (Lipinski definition) is 3. The second-order valence-corrected chi connectivity index (χ2v) is 6.15. The van der Waals surface area contributed by atoms with Gasteiger partial charge < -0.3 is 10.6 Å². The maximum Gasteiger partial charge on any atom is 0.226 e. The van der Waals surface area contributed by atoms with Crippen molar-refractivity contribution >= 4 is 28.7 Å². The van der Waals surface area contributed by atoms with Gasteiger partial charge >= 0.3 is 0 Å². The van der Waals surface area contributed by atoms with Crippen molar-refractivity contribution in [3.8, 4) is 6.07 Å². The van der Waals surface area contributed by atoms with Crippen molar-refractivity contribution in [3.63, 3.8) is 0 Å². The molecule has 0 bridgehead atoms. The van der Waals surface area contributed by atoms with Gasteiger partial charge in [-0.2, -0.15) is 5.26 Å². The molecule has 0 unspecified atom stereocenters. The Morgan fingerprint density at radius 1 is 1.24 bits per heavy atom. The first-order valence-corrected chi connectivity index (χ1v) is 8.06. The number of nitriles is 1. The van der Waals surface area contributed by atoms with Gasteiger partial charge in [-0.25, -0.2) is 4.39 Å². The van der Waals surface area contributed by atoms with Crippen LogP contribution in [0.15, 0.2) is 42.5 Å². The van der Waals surface area contributed by atoms with Crippen LogP contribution in [0.5, 0.6) is 0 Å². The molecule has 126 valence electrons. The van der Waals surface area contributed by atoms with Crippen LogP contribution in [-0.2, 0) is 4.79 Å². The SMILES string of the molecule is C/C(=C(\F)c1cccc2c1N[C@H](C)CC(=O)N2)c1ccc(C#N)cc1. The number of hydrogen-bond donors (Lipinski definition) is 2. The number of para-hydroxylation sites is 1. The zero-order chi connectivity index (χ0) is 18.0. The predicted octanol–water partition coefficient (Wildman–Crippen LogP) is 4.56. The lowest BCUT2D eigenvalue weighted by atomic mass is 10.0. The maximum atomic E-state index is 15.2. The Balaban J connectivity index is 2.07. The number of nitrogens with one attached hydrogen (secondary N) is 2. The number of nitrogens with zero attached hydrogens (tertiary/aromatic N) is 1. The maximum absolute atomic E-state index is 15.2. The van der Waals surface area contributed by atoms with Crippen LogP contribution in [-0.4, -0.2) is 11.9 Å². The summed E-state index contributed by atoms with van der Waals surface area (Å²) < 4.78 is 15.2. The van der Waals surface area contributed by atoms with E-state index in [2.05, 4.69) is 16.7 Å². The molecule has 1 aliphatic heterocycles. The van der Waals surface area contributed by atoms with E-state index in [0.29, 0.717) is 40.1 Å². The van der Waals surface area contributed by atoms with Crippen molar-refractivity contribution in [1.29, 1.82) is 5.26 Å². The molecule has 4 nitrogen and oxygen atoms in total. The average Bonchev–Trinajstić information content (AvgIpc) is 2.76. The molecular weight excluding hydrogens is 317 g/mol. The minimum atomic E-state index is -0.364. The molecule has 1 amide bonds. The highest BCUT2D eigenvalue weighted by molar-refractivity contribution is 6.00. The lowest BCUT2D eigenvalue weighted by Gasteiger charge is -2.16. The van der Waals surface area contributed by atoms with Gasteiger partial charge in [-0.15, -0.1) is 0 Å². The van der Waals surface area contributed by atoms with Crippen molar-refractivity contribution in [2.75, 3.05) is 10.6 Å². The van der Waals surface area contributed by atoms with Crippen LogP contribution >= 0.6 is 0 Å². The summed E-state index contributed by atoms with van der Waals surface area (Å²) in [7, 11) is 0. The quantitative estimate of drug-likeness (QED) is 0.791. The molecule has 1 atom stereocenters. The summed E-state index contributed by atoms with van der Waals surface area (Å²) in [6.45, 7) is 3.59. The normalized spacial score (nSPS) is 17.4. The topological polar surface area (TPSA) is 64.9 Å². The van der Waals surface area contributed by atoms with Crippen LogP contribution in [0, 0.1) is 11.3 Å². The number of allylic oxidation sites excluding steroid dienone is 1. The highest BCUT2D eigenvalue weighted by Crippen LogP contribution is 2.37. The number of carbonyl (C=O) groups is 1. The number of benzene rings is 2. The van der Waals surface area contributed by atoms with E-state index in [1.165, 1.54) is 0 Å². The third-order valence-electron chi connectivity index (χ3n) is 4.23. The van der Waals surface area contributed by atoms with E-state index >= 15 is 4.39 Å².